The third-order valence-electron chi connectivity index (χ3n) is 4.61. The predicted molar refractivity (Wildman–Crippen MR) is 108 cm³/mol. The summed E-state index contributed by atoms with van der Waals surface area (Å²) in [5, 5.41) is 9.04. The van der Waals surface area contributed by atoms with Gasteiger partial charge in [0.25, 0.3) is 0 Å². The molecule has 2 aromatic heterocycles. The Bertz CT molecular complexity index is 1260. The second-order valence-electron chi connectivity index (χ2n) is 6.67. The molecule has 0 saturated heterocycles. The highest BCUT2D eigenvalue weighted by Gasteiger charge is 2.29. The summed E-state index contributed by atoms with van der Waals surface area (Å²) in [7, 11) is 0. The van der Waals surface area contributed by atoms with Gasteiger partial charge in [0.2, 0.25) is 0 Å². The van der Waals surface area contributed by atoms with E-state index in [4.69, 9.17) is 28.6 Å². The van der Waals surface area contributed by atoms with E-state index in [0.717, 1.165) is 12.1 Å². The lowest BCUT2D eigenvalue weighted by atomic mass is 10.1. The monoisotopic (exact) mass is 451 g/mol. The van der Waals surface area contributed by atoms with Crippen LogP contribution in [0.1, 0.15) is 22.5 Å². The molecule has 2 heterocycles. The van der Waals surface area contributed by atoms with Crippen LogP contribution in [-0.4, -0.2) is 19.5 Å². The summed E-state index contributed by atoms with van der Waals surface area (Å²) in [6.07, 6.45) is -2.62. The Morgan fingerprint density at radius 3 is 2.33 bits per heavy atom. The number of alkyl halides is 3. The third-order valence-corrected chi connectivity index (χ3v) is 5.32. The first kappa shape index (κ1) is 20.4. The summed E-state index contributed by atoms with van der Waals surface area (Å²) in [6, 6.07) is 10.1. The number of hydrogen-bond donors (Lipinski definition) is 2. The molecule has 0 aliphatic rings. The van der Waals surface area contributed by atoms with E-state index in [-0.39, 0.29) is 11.9 Å². The largest absolute Gasteiger partial charge is 0.416 e. The minimum absolute atomic E-state index is 0.0117. The molecule has 0 atom stereocenters. The van der Waals surface area contributed by atoms with Gasteiger partial charge in [-0.05, 0) is 29.8 Å². The molecule has 0 fully saturated rings. The summed E-state index contributed by atoms with van der Waals surface area (Å²) < 4.78 is 39.9. The van der Waals surface area contributed by atoms with Crippen molar-refractivity contribution in [3.05, 3.63) is 86.8 Å². The SMILES string of the molecule is N=c1ncn(Cc2c(Cl)cccc2Cl)c2nc(Cc3ccc(C(F)(F)F)cc3)[nH]c12. The molecule has 4 rings (SSSR count). The zero-order chi connectivity index (χ0) is 21.5. The van der Waals surface area contributed by atoms with E-state index in [1.165, 1.54) is 18.5 Å². The molecule has 154 valence electrons. The quantitative estimate of drug-likeness (QED) is 0.447. The van der Waals surface area contributed by atoms with Crippen molar-refractivity contribution in [3.63, 3.8) is 0 Å². The van der Waals surface area contributed by atoms with Gasteiger partial charge in [-0.3, -0.25) is 5.41 Å². The van der Waals surface area contributed by atoms with Crippen molar-refractivity contribution in [2.45, 2.75) is 19.1 Å². The normalized spacial score (nSPS) is 11.9. The maximum atomic E-state index is 12.7. The van der Waals surface area contributed by atoms with Crippen molar-refractivity contribution in [2.75, 3.05) is 0 Å². The van der Waals surface area contributed by atoms with Crippen molar-refractivity contribution < 1.29 is 13.2 Å². The van der Waals surface area contributed by atoms with E-state index in [1.54, 1.807) is 22.8 Å². The summed E-state index contributed by atoms with van der Waals surface area (Å²) in [4.78, 5) is 11.6. The summed E-state index contributed by atoms with van der Waals surface area (Å²) in [5.74, 6) is 0.505. The number of rotatable bonds is 4. The lowest BCUT2D eigenvalue weighted by Gasteiger charge is -2.10. The molecule has 5 nitrogen and oxygen atoms in total. The van der Waals surface area contributed by atoms with Gasteiger partial charge >= 0.3 is 6.18 Å². The zero-order valence-corrected chi connectivity index (χ0v) is 16.8. The van der Waals surface area contributed by atoms with Crippen molar-refractivity contribution in [1.82, 2.24) is 19.5 Å². The second-order valence-corrected chi connectivity index (χ2v) is 7.49. The average Bonchev–Trinajstić information content (AvgIpc) is 3.11. The Labute approximate surface area is 178 Å². The minimum Gasteiger partial charge on any atom is -0.337 e. The topological polar surface area (TPSA) is 70.3 Å². The Hall–Kier alpha value is -2.84. The van der Waals surface area contributed by atoms with Gasteiger partial charge in [-0.2, -0.15) is 13.2 Å². The van der Waals surface area contributed by atoms with Gasteiger partial charge in [0, 0.05) is 22.0 Å². The number of aromatic nitrogens is 4. The van der Waals surface area contributed by atoms with Crippen molar-refractivity contribution in [2.24, 2.45) is 0 Å². The van der Waals surface area contributed by atoms with Crippen LogP contribution in [0.2, 0.25) is 10.0 Å². The first-order valence-corrected chi connectivity index (χ1v) is 9.55. The lowest BCUT2D eigenvalue weighted by molar-refractivity contribution is -0.137. The van der Waals surface area contributed by atoms with Gasteiger partial charge in [-0.25, -0.2) is 9.97 Å². The molecule has 0 aliphatic carbocycles. The third kappa shape index (κ3) is 4.06. The van der Waals surface area contributed by atoms with Gasteiger partial charge in [-0.1, -0.05) is 41.4 Å². The number of H-pyrrole nitrogens is 1. The Morgan fingerprint density at radius 2 is 1.70 bits per heavy atom. The fourth-order valence-corrected chi connectivity index (χ4v) is 3.61. The number of benzene rings is 2. The molecule has 0 unspecified atom stereocenters. The van der Waals surface area contributed by atoms with Crippen molar-refractivity contribution in [1.29, 1.82) is 5.41 Å². The number of hydrogen-bond acceptors (Lipinski definition) is 3. The molecule has 0 saturated carbocycles. The standard InChI is InChI=1S/C20H14Cl2F3N5/c21-14-2-1-3-15(22)13(14)9-30-10-27-18(26)17-19(30)29-16(28-17)8-11-4-6-12(7-5-11)20(23,24)25/h1-7,10,26H,8-9H2,(H,28,29). The van der Waals surface area contributed by atoms with E-state index < -0.39 is 11.7 Å². The maximum absolute atomic E-state index is 12.7. The van der Waals surface area contributed by atoms with E-state index in [0.29, 0.717) is 44.7 Å². The van der Waals surface area contributed by atoms with Crippen LogP contribution in [-0.2, 0) is 19.1 Å². The molecule has 10 heteroatoms. The summed E-state index contributed by atoms with van der Waals surface area (Å²) >= 11 is 12.5. The summed E-state index contributed by atoms with van der Waals surface area (Å²) in [6.45, 7) is 0.298. The molecule has 0 radical (unpaired) electrons. The van der Waals surface area contributed by atoms with E-state index >= 15 is 0 Å². The molecule has 0 bridgehead atoms. The van der Waals surface area contributed by atoms with Crippen LogP contribution in [0.4, 0.5) is 13.2 Å². The van der Waals surface area contributed by atoms with Crippen LogP contribution in [0, 0.1) is 5.41 Å². The van der Waals surface area contributed by atoms with Gasteiger partial charge in [0.15, 0.2) is 11.1 Å². The number of halogens is 5. The fourth-order valence-electron chi connectivity index (χ4n) is 3.09. The number of nitrogens with one attached hydrogen (secondary N) is 2. The lowest BCUT2D eigenvalue weighted by Crippen LogP contribution is -2.13. The number of aromatic amines is 1. The van der Waals surface area contributed by atoms with Gasteiger partial charge in [-0.15, -0.1) is 0 Å². The van der Waals surface area contributed by atoms with E-state index in [2.05, 4.69) is 15.0 Å². The minimum atomic E-state index is -4.38. The summed E-state index contributed by atoms with van der Waals surface area (Å²) in [5.41, 5.74) is 1.55. The Morgan fingerprint density at radius 1 is 1.03 bits per heavy atom. The van der Waals surface area contributed by atoms with Crippen LogP contribution in [0.15, 0.2) is 48.8 Å². The number of fused-ring (bicyclic) bond motifs is 1. The maximum Gasteiger partial charge on any atom is 0.416 e. The van der Waals surface area contributed by atoms with Crippen molar-refractivity contribution in [3.8, 4) is 0 Å². The highest BCUT2D eigenvalue weighted by Crippen LogP contribution is 2.29. The smallest absolute Gasteiger partial charge is 0.337 e. The molecule has 0 aliphatic heterocycles. The zero-order valence-electron chi connectivity index (χ0n) is 15.3. The van der Waals surface area contributed by atoms with Crippen LogP contribution in [0.3, 0.4) is 0 Å². The number of nitrogens with zero attached hydrogens (tertiary/aromatic N) is 3. The van der Waals surface area contributed by atoms with Crippen LogP contribution >= 0.6 is 23.2 Å². The average molecular weight is 452 g/mol. The number of imidazole rings is 1. The predicted octanol–water partition coefficient (Wildman–Crippen LogP) is 5.20. The Kier molecular flexibility index (Phi) is 5.29. The first-order chi connectivity index (χ1) is 14.2. The molecule has 0 spiro atoms. The van der Waals surface area contributed by atoms with E-state index in [9.17, 15) is 13.2 Å². The van der Waals surface area contributed by atoms with Crippen LogP contribution in [0.5, 0.6) is 0 Å². The highest BCUT2D eigenvalue weighted by atomic mass is 35.5. The molecular weight excluding hydrogens is 438 g/mol. The van der Waals surface area contributed by atoms with Crippen LogP contribution in [0.25, 0.3) is 11.2 Å². The van der Waals surface area contributed by atoms with Crippen LogP contribution < -0.4 is 5.49 Å². The first-order valence-electron chi connectivity index (χ1n) is 8.80. The molecule has 2 N–H and O–H groups in total. The molecular formula is C20H14Cl2F3N5. The fraction of sp³-hybridized carbons (Fsp3) is 0.150. The molecule has 2 aromatic carbocycles. The molecule has 0 amide bonds. The van der Waals surface area contributed by atoms with Gasteiger partial charge in [0.05, 0.1) is 18.4 Å². The second kappa shape index (κ2) is 7.77. The molecule has 4 aromatic rings. The van der Waals surface area contributed by atoms with Gasteiger partial charge in [0.1, 0.15) is 11.3 Å². The van der Waals surface area contributed by atoms with Gasteiger partial charge < -0.3 is 9.55 Å². The Balaban J connectivity index is 1.68. The molecule has 30 heavy (non-hydrogen) atoms. The van der Waals surface area contributed by atoms with E-state index in [1.807, 2.05) is 0 Å². The van der Waals surface area contributed by atoms with Crippen molar-refractivity contribution >= 4 is 34.4 Å². The highest BCUT2D eigenvalue weighted by molar-refractivity contribution is 6.36.